The van der Waals surface area contributed by atoms with E-state index < -0.39 is 35.8 Å². The molecule has 2 heterocycles. The number of carbonyl (C=O) groups is 1. The first-order valence-electron chi connectivity index (χ1n) is 6.10. The Hall–Kier alpha value is -0.530. The summed E-state index contributed by atoms with van der Waals surface area (Å²) < 4.78 is 10.8. The topological polar surface area (TPSA) is 99.5 Å². The molecule has 0 amide bonds. The van der Waals surface area contributed by atoms with Crippen LogP contribution in [-0.4, -0.2) is 56.9 Å². The van der Waals surface area contributed by atoms with Crippen LogP contribution in [0.25, 0.3) is 0 Å². The number of Topliss-reactive ketones (excluding diaryl/α,β-unsaturated/α-hetero) is 1. The molecule has 104 valence electrons. The number of hydrogen-bond donors (Lipinski definition) is 3. The summed E-state index contributed by atoms with van der Waals surface area (Å²) in [5, 5.41) is 29.6. The molecule has 0 bridgehead atoms. The highest BCUT2D eigenvalue weighted by molar-refractivity contribution is 5.85. The number of epoxide rings is 1. The summed E-state index contributed by atoms with van der Waals surface area (Å²) in [6, 6.07) is 0. The summed E-state index contributed by atoms with van der Waals surface area (Å²) in [4.78, 5) is 12.0. The Morgan fingerprint density at radius 1 is 1.17 bits per heavy atom. The number of rotatable bonds is 2. The van der Waals surface area contributed by atoms with E-state index in [0.717, 1.165) is 0 Å². The minimum absolute atomic E-state index is 0.320. The van der Waals surface area contributed by atoms with Crippen molar-refractivity contribution in [3.05, 3.63) is 0 Å². The number of ketones is 1. The zero-order valence-corrected chi connectivity index (χ0v) is 11.0. The number of aliphatic hydroxyl groups excluding tert-OH is 3. The predicted octanol–water partition coefficient (Wildman–Crippen LogP) is -0.802. The van der Waals surface area contributed by atoms with Crippen LogP contribution < -0.4 is 0 Å². The van der Waals surface area contributed by atoms with E-state index in [9.17, 15) is 20.1 Å². The van der Waals surface area contributed by atoms with E-state index in [4.69, 9.17) is 9.47 Å². The van der Waals surface area contributed by atoms with Crippen LogP contribution >= 0.6 is 0 Å². The van der Waals surface area contributed by atoms with Crippen molar-refractivity contribution < 1.29 is 29.6 Å². The van der Waals surface area contributed by atoms with E-state index in [1.165, 1.54) is 0 Å². The number of hydrogen-bond acceptors (Lipinski definition) is 6. The van der Waals surface area contributed by atoms with Crippen LogP contribution in [0.3, 0.4) is 0 Å². The minimum atomic E-state index is -1.46. The lowest BCUT2D eigenvalue weighted by Crippen LogP contribution is -2.63. The van der Waals surface area contributed by atoms with Gasteiger partial charge in [0.25, 0.3) is 0 Å². The van der Waals surface area contributed by atoms with E-state index >= 15 is 0 Å². The maximum atomic E-state index is 12.0. The van der Waals surface area contributed by atoms with Gasteiger partial charge in [-0.25, -0.2) is 0 Å². The second kappa shape index (κ2) is 3.98. The molecule has 0 radical (unpaired) electrons. The van der Waals surface area contributed by atoms with Gasteiger partial charge >= 0.3 is 0 Å². The molecule has 18 heavy (non-hydrogen) atoms. The van der Waals surface area contributed by atoms with Crippen molar-refractivity contribution in [3.63, 3.8) is 0 Å². The van der Waals surface area contributed by atoms with Gasteiger partial charge in [0.05, 0.1) is 0 Å². The molecule has 6 nitrogen and oxygen atoms in total. The quantitative estimate of drug-likeness (QED) is 0.562. The first-order valence-corrected chi connectivity index (χ1v) is 6.10. The minimum Gasteiger partial charge on any atom is -0.387 e. The van der Waals surface area contributed by atoms with Gasteiger partial charge in [0.1, 0.15) is 30.0 Å². The van der Waals surface area contributed by atoms with Gasteiger partial charge in [0, 0.05) is 5.92 Å². The monoisotopic (exact) mass is 260 g/mol. The van der Waals surface area contributed by atoms with Crippen molar-refractivity contribution in [2.24, 2.45) is 5.92 Å². The van der Waals surface area contributed by atoms with Crippen molar-refractivity contribution in [2.45, 2.75) is 63.5 Å². The molecule has 2 aliphatic rings. The number of ether oxygens (including phenoxy) is 2. The number of carbonyl (C=O) groups excluding carboxylic acids is 1. The Morgan fingerprint density at radius 2 is 1.67 bits per heavy atom. The Morgan fingerprint density at radius 3 is 2.06 bits per heavy atom. The first-order chi connectivity index (χ1) is 8.14. The molecule has 0 aromatic carbocycles. The molecule has 0 saturated carbocycles. The Kier molecular flexibility index (Phi) is 3.07. The van der Waals surface area contributed by atoms with Gasteiger partial charge in [0.2, 0.25) is 5.79 Å². The SMILES string of the molecule is CC(C)C(=O)[C@H]1O[C@]2(OC2(C)C)[C@H](O)[C@@H](O)[C@H]1O. The van der Waals surface area contributed by atoms with E-state index in [1.807, 2.05) is 0 Å². The Labute approximate surface area is 106 Å². The van der Waals surface area contributed by atoms with Crippen molar-refractivity contribution in [1.29, 1.82) is 0 Å². The highest BCUT2D eigenvalue weighted by Crippen LogP contribution is 2.54. The van der Waals surface area contributed by atoms with Crippen LogP contribution in [0.5, 0.6) is 0 Å². The van der Waals surface area contributed by atoms with Gasteiger partial charge in [-0.1, -0.05) is 13.8 Å². The molecule has 2 rings (SSSR count). The second-order valence-electron chi connectivity index (χ2n) is 5.80. The molecule has 3 N–H and O–H groups in total. The highest BCUT2D eigenvalue weighted by Gasteiger charge is 2.75. The molecule has 0 unspecified atom stereocenters. The fourth-order valence-electron chi connectivity index (χ4n) is 2.41. The van der Waals surface area contributed by atoms with Crippen LogP contribution in [0.1, 0.15) is 27.7 Å². The fraction of sp³-hybridized carbons (Fsp3) is 0.917. The molecule has 2 fully saturated rings. The second-order valence-corrected chi connectivity index (χ2v) is 5.80. The Bertz CT molecular complexity index is 366. The molecular weight excluding hydrogens is 240 g/mol. The average molecular weight is 260 g/mol. The maximum Gasteiger partial charge on any atom is 0.228 e. The third-order valence-corrected chi connectivity index (χ3v) is 3.73. The van der Waals surface area contributed by atoms with E-state index in [0.29, 0.717) is 0 Å². The summed E-state index contributed by atoms with van der Waals surface area (Å²) in [5.74, 6) is -2.06. The van der Waals surface area contributed by atoms with Crippen LogP contribution in [0.15, 0.2) is 0 Å². The fourth-order valence-corrected chi connectivity index (χ4v) is 2.41. The molecule has 6 heteroatoms. The van der Waals surface area contributed by atoms with Gasteiger partial charge in [-0.05, 0) is 13.8 Å². The lowest BCUT2D eigenvalue weighted by Gasteiger charge is -2.40. The van der Waals surface area contributed by atoms with Crippen LogP contribution in [0.4, 0.5) is 0 Å². The maximum absolute atomic E-state index is 12.0. The van der Waals surface area contributed by atoms with Crippen molar-refractivity contribution >= 4 is 5.78 Å². The summed E-state index contributed by atoms with van der Waals surface area (Å²) >= 11 is 0. The molecule has 5 atom stereocenters. The molecule has 0 aromatic heterocycles. The van der Waals surface area contributed by atoms with Crippen molar-refractivity contribution in [2.75, 3.05) is 0 Å². The summed E-state index contributed by atoms with van der Waals surface area (Å²) in [6.45, 7) is 6.75. The van der Waals surface area contributed by atoms with Crippen LogP contribution in [-0.2, 0) is 14.3 Å². The van der Waals surface area contributed by atoms with Crippen LogP contribution in [0.2, 0.25) is 0 Å². The summed E-state index contributed by atoms with van der Waals surface area (Å²) in [5.41, 5.74) is -0.789. The molecular formula is C12H20O6. The standard InChI is InChI=1S/C12H20O6/c1-5(2)6(13)9-7(14)8(15)10(16)12(17-9)11(3,4)18-12/h5,7-10,14-16H,1-4H3/t7-,8+,9-,10-,12+/m1/s1. The molecule has 2 saturated heterocycles. The summed E-state index contributed by atoms with van der Waals surface area (Å²) in [6.07, 6.45) is -5.46. The van der Waals surface area contributed by atoms with Crippen LogP contribution in [0, 0.1) is 5.92 Å². The predicted molar refractivity (Wildman–Crippen MR) is 60.6 cm³/mol. The van der Waals surface area contributed by atoms with Crippen molar-refractivity contribution in [3.8, 4) is 0 Å². The summed E-state index contributed by atoms with van der Waals surface area (Å²) in [7, 11) is 0. The average Bonchev–Trinajstić information content (AvgIpc) is 2.83. The zero-order valence-electron chi connectivity index (χ0n) is 11.0. The zero-order chi connectivity index (χ0) is 13.9. The molecule has 1 spiro atoms. The first kappa shape index (κ1) is 13.9. The van der Waals surface area contributed by atoms with E-state index in [2.05, 4.69) is 0 Å². The molecule has 0 aliphatic carbocycles. The van der Waals surface area contributed by atoms with Gasteiger partial charge in [-0.15, -0.1) is 0 Å². The third-order valence-electron chi connectivity index (χ3n) is 3.73. The smallest absolute Gasteiger partial charge is 0.228 e. The Balaban J connectivity index is 2.27. The largest absolute Gasteiger partial charge is 0.387 e. The van der Waals surface area contributed by atoms with E-state index in [-0.39, 0.29) is 11.7 Å². The number of aliphatic hydroxyl groups is 3. The highest BCUT2D eigenvalue weighted by atomic mass is 16.8. The van der Waals surface area contributed by atoms with Crippen molar-refractivity contribution in [1.82, 2.24) is 0 Å². The van der Waals surface area contributed by atoms with Gasteiger partial charge in [0.15, 0.2) is 5.78 Å². The molecule has 0 aromatic rings. The van der Waals surface area contributed by atoms with Gasteiger partial charge < -0.3 is 24.8 Å². The molecule has 2 aliphatic heterocycles. The van der Waals surface area contributed by atoms with Gasteiger partial charge in [-0.2, -0.15) is 0 Å². The normalized spacial score (nSPS) is 46.4. The van der Waals surface area contributed by atoms with E-state index in [1.54, 1.807) is 27.7 Å². The lowest BCUT2D eigenvalue weighted by atomic mass is 9.86. The lowest BCUT2D eigenvalue weighted by molar-refractivity contribution is -0.259. The third kappa shape index (κ3) is 1.71. The van der Waals surface area contributed by atoms with Gasteiger partial charge in [-0.3, -0.25) is 4.79 Å².